The third-order valence-corrected chi connectivity index (χ3v) is 2.77. The van der Waals surface area contributed by atoms with Crippen LogP contribution in [0.5, 0.6) is 17.2 Å². The SMILES string of the molecule is CCCNCc1cc(OC)c(OCOCC)c(OC)c1. The number of hydrogen-bond donors (Lipinski definition) is 1. The summed E-state index contributed by atoms with van der Waals surface area (Å²) >= 11 is 0. The van der Waals surface area contributed by atoms with Crippen LogP contribution in [-0.4, -0.2) is 34.2 Å². The van der Waals surface area contributed by atoms with Gasteiger partial charge in [-0.3, -0.25) is 0 Å². The van der Waals surface area contributed by atoms with Gasteiger partial charge in [-0.2, -0.15) is 0 Å². The third kappa shape index (κ3) is 4.90. The van der Waals surface area contributed by atoms with E-state index in [0.717, 1.165) is 25.1 Å². The normalized spacial score (nSPS) is 10.4. The van der Waals surface area contributed by atoms with Crippen LogP contribution in [-0.2, 0) is 11.3 Å². The number of nitrogens with one attached hydrogen (secondary N) is 1. The molecule has 1 aromatic carbocycles. The summed E-state index contributed by atoms with van der Waals surface area (Å²) in [6, 6.07) is 3.90. The summed E-state index contributed by atoms with van der Waals surface area (Å²) < 4.78 is 21.5. The number of benzene rings is 1. The molecule has 0 radical (unpaired) electrons. The van der Waals surface area contributed by atoms with E-state index in [-0.39, 0.29) is 6.79 Å². The highest BCUT2D eigenvalue weighted by molar-refractivity contribution is 5.53. The highest BCUT2D eigenvalue weighted by Crippen LogP contribution is 2.38. The number of hydrogen-bond acceptors (Lipinski definition) is 5. The molecule has 0 amide bonds. The van der Waals surface area contributed by atoms with Crippen LogP contribution in [0, 0.1) is 0 Å². The quantitative estimate of drug-likeness (QED) is 0.528. The molecule has 0 saturated carbocycles. The summed E-state index contributed by atoms with van der Waals surface area (Å²) in [4.78, 5) is 0. The molecule has 114 valence electrons. The van der Waals surface area contributed by atoms with Gasteiger partial charge < -0.3 is 24.3 Å². The molecular weight excluding hydrogens is 258 g/mol. The highest BCUT2D eigenvalue weighted by atomic mass is 16.7. The lowest BCUT2D eigenvalue weighted by Gasteiger charge is -2.16. The van der Waals surface area contributed by atoms with Gasteiger partial charge in [0.1, 0.15) is 0 Å². The molecule has 0 aliphatic rings. The first-order valence-electron chi connectivity index (χ1n) is 6.92. The van der Waals surface area contributed by atoms with Crippen molar-refractivity contribution >= 4 is 0 Å². The molecule has 0 spiro atoms. The average molecular weight is 283 g/mol. The Balaban J connectivity index is 2.86. The van der Waals surface area contributed by atoms with E-state index in [4.69, 9.17) is 18.9 Å². The molecule has 0 unspecified atom stereocenters. The minimum absolute atomic E-state index is 0.177. The Morgan fingerprint density at radius 1 is 1.05 bits per heavy atom. The molecule has 0 aliphatic carbocycles. The summed E-state index contributed by atoms with van der Waals surface area (Å²) in [5.74, 6) is 1.87. The van der Waals surface area contributed by atoms with Gasteiger partial charge in [-0.05, 0) is 37.6 Å². The number of ether oxygens (including phenoxy) is 4. The van der Waals surface area contributed by atoms with Crippen molar-refractivity contribution < 1.29 is 18.9 Å². The summed E-state index contributed by atoms with van der Waals surface area (Å²) in [6.45, 7) is 6.58. The Morgan fingerprint density at radius 3 is 2.20 bits per heavy atom. The zero-order valence-electron chi connectivity index (χ0n) is 12.8. The van der Waals surface area contributed by atoms with Crippen molar-refractivity contribution in [2.75, 3.05) is 34.2 Å². The monoisotopic (exact) mass is 283 g/mol. The van der Waals surface area contributed by atoms with Crippen LogP contribution in [0.3, 0.4) is 0 Å². The van der Waals surface area contributed by atoms with Crippen molar-refractivity contribution in [2.24, 2.45) is 0 Å². The standard InChI is InChI=1S/C15H25NO4/c1-5-7-16-10-12-8-13(17-3)15(14(9-12)18-4)20-11-19-6-2/h8-9,16H,5-7,10-11H2,1-4H3. The second kappa shape index (κ2) is 9.44. The first kappa shape index (κ1) is 16.6. The first-order chi connectivity index (χ1) is 9.76. The lowest BCUT2D eigenvalue weighted by Crippen LogP contribution is -2.14. The highest BCUT2D eigenvalue weighted by Gasteiger charge is 2.14. The van der Waals surface area contributed by atoms with Crippen LogP contribution in [0.15, 0.2) is 12.1 Å². The molecule has 5 heteroatoms. The molecule has 0 fully saturated rings. The summed E-state index contributed by atoms with van der Waals surface area (Å²) in [5, 5.41) is 3.35. The van der Waals surface area contributed by atoms with Gasteiger partial charge in [-0.25, -0.2) is 0 Å². The van der Waals surface area contributed by atoms with Gasteiger partial charge >= 0.3 is 0 Å². The van der Waals surface area contributed by atoms with Crippen molar-refractivity contribution in [3.05, 3.63) is 17.7 Å². The van der Waals surface area contributed by atoms with Gasteiger partial charge in [0.2, 0.25) is 5.75 Å². The predicted molar refractivity (Wildman–Crippen MR) is 78.7 cm³/mol. The molecule has 1 N–H and O–H groups in total. The zero-order chi connectivity index (χ0) is 14.8. The van der Waals surface area contributed by atoms with Crippen LogP contribution in [0.4, 0.5) is 0 Å². The number of rotatable bonds is 10. The van der Waals surface area contributed by atoms with E-state index in [9.17, 15) is 0 Å². The Bertz CT molecular complexity index is 370. The molecule has 0 aliphatic heterocycles. The Morgan fingerprint density at radius 2 is 1.70 bits per heavy atom. The second-order valence-corrected chi connectivity index (χ2v) is 4.26. The Labute approximate surface area is 121 Å². The zero-order valence-corrected chi connectivity index (χ0v) is 12.8. The molecule has 20 heavy (non-hydrogen) atoms. The van der Waals surface area contributed by atoms with E-state index < -0.39 is 0 Å². The van der Waals surface area contributed by atoms with E-state index in [0.29, 0.717) is 23.9 Å². The molecule has 0 bridgehead atoms. The van der Waals surface area contributed by atoms with E-state index in [2.05, 4.69) is 12.2 Å². The molecule has 0 heterocycles. The topological polar surface area (TPSA) is 49.0 Å². The molecular formula is C15H25NO4. The summed E-state index contributed by atoms with van der Waals surface area (Å²) in [5.41, 5.74) is 1.09. The van der Waals surface area contributed by atoms with Gasteiger partial charge in [0.25, 0.3) is 0 Å². The van der Waals surface area contributed by atoms with Crippen molar-refractivity contribution in [2.45, 2.75) is 26.8 Å². The third-order valence-electron chi connectivity index (χ3n) is 2.77. The van der Waals surface area contributed by atoms with E-state index >= 15 is 0 Å². The van der Waals surface area contributed by atoms with E-state index in [1.165, 1.54) is 0 Å². The van der Waals surface area contributed by atoms with Crippen molar-refractivity contribution in [3.63, 3.8) is 0 Å². The summed E-state index contributed by atoms with van der Waals surface area (Å²) in [6.07, 6.45) is 1.10. The van der Waals surface area contributed by atoms with Crippen LogP contribution >= 0.6 is 0 Å². The molecule has 0 saturated heterocycles. The largest absolute Gasteiger partial charge is 0.493 e. The Kier molecular flexibility index (Phi) is 7.84. The van der Waals surface area contributed by atoms with Gasteiger partial charge in [0.15, 0.2) is 18.3 Å². The minimum Gasteiger partial charge on any atom is -0.493 e. The van der Waals surface area contributed by atoms with Crippen molar-refractivity contribution in [1.29, 1.82) is 0 Å². The van der Waals surface area contributed by atoms with Gasteiger partial charge in [0.05, 0.1) is 14.2 Å². The maximum absolute atomic E-state index is 5.58. The fraction of sp³-hybridized carbons (Fsp3) is 0.600. The number of methoxy groups -OCH3 is 2. The van der Waals surface area contributed by atoms with Crippen molar-refractivity contribution in [1.82, 2.24) is 5.32 Å². The lowest BCUT2D eigenvalue weighted by atomic mass is 10.1. The van der Waals surface area contributed by atoms with E-state index in [1.54, 1.807) is 14.2 Å². The second-order valence-electron chi connectivity index (χ2n) is 4.26. The minimum atomic E-state index is 0.177. The van der Waals surface area contributed by atoms with E-state index in [1.807, 2.05) is 19.1 Å². The lowest BCUT2D eigenvalue weighted by molar-refractivity contribution is 0.0193. The van der Waals surface area contributed by atoms with Crippen LogP contribution < -0.4 is 19.5 Å². The first-order valence-corrected chi connectivity index (χ1v) is 6.92. The van der Waals surface area contributed by atoms with Crippen LogP contribution in [0.25, 0.3) is 0 Å². The van der Waals surface area contributed by atoms with Gasteiger partial charge in [-0.1, -0.05) is 6.92 Å². The van der Waals surface area contributed by atoms with Crippen LogP contribution in [0.1, 0.15) is 25.8 Å². The Hall–Kier alpha value is -1.46. The smallest absolute Gasteiger partial charge is 0.206 e. The molecule has 1 rings (SSSR count). The fourth-order valence-electron chi connectivity index (χ4n) is 1.77. The molecule has 0 atom stereocenters. The molecule has 1 aromatic rings. The van der Waals surface area contributed by atoms with Gasteiger partial charge in [0, 0.05) is 13.2 Å². The predicted octanol–water partition coefficient (Wildman–Crippen LogP) is 2.58. The summed E-state index contributed by atoms with van der Waals surface area (Å²) in [7, 11) is 3.23. The van der Waals surface area contributed by atoms with Gasteiger partial charge in [-0.15, -0.1) is 0 Å². The fourth-order valence-corrected chi connectivity index (χ4v) is 1.77. The average Bonchev–Trinajstić information content (AvgIpc) is 2.48. The molecule has 5 nitrogen and oxygen atoms in total. The van der Waals surface area contributed by atoms with Crippen molar-refractivity contribution in [3.8, 4) is 17.2 Å². The van der Waals surface area contributed by atoms with Crippen LogP contribution in [0.2, 0.25) is 0 Å². The maximum Gasteiger partial charge on any atom is 0.206 e. The maximum atomic E-state index is 5.58. The molecule has 0 aromatic heterocycles.